The van der Waals surface area contributed by atoms with Gasteiger partial charge in [-0.2, -0.15) is 4.39 Å². The SMILES string of the molecule is CC(CCN)c1ccc(F)c([N+](=O)[O-])c1. The molecular formula is C10H13FN2O2. The first-order valence-corrected chi connectivity index (χ1v) is 4.70. The Hall–Kier alpha value is -1.49. The molecule has 0 saturated heterocycles. The first-order valence-electron chi connectivity index (χ1n) is 4.70. The third-order valence-corrected chi connectivity index (χ3v) is 2.34. The van der Waals surface area contributed by atoms with Gasteiger partial charge >= 0.3 is 5.69 Å². The van der Waals surface area contributed by atoms with Crippen molar-refractivity contribution in [3.8, 4) is 0 Å². The van der Waals surface area contributed by atoms with Gasteiger partial charge in [0.1, 0.15) is 0 Å². The average Bonchev–Trinajstić information content (AvgIpc) is 2.18. The average molecular weight is 212 g/mol. The lowest BCUT2D eigenvalue weighted by Crippen LogP contribution is -2.05. The van der Waals surface area contributed by atoms with Gasteiger partial charge in [-0.3, -0.25) is 10.1 Å². The van der Waals surface area contributed by atoms with E-state index in [0.717, 1.165) is 18.1 Å². The molecule has 1 unspecified atom stereocenters. The van der Waals surface area contributed by atoms with Crippen molar-refractivity contribution < 1.29 is 9.31 Å². The first-order chi connectivity index (χ1) is 7.06. The van der Waals surface area contributed by atoms with Crippen molar-refractivity contribution in [3.63, 3.8) is 0 Å². The van der Waals surface area contributed by atoms with Crippen LogP contribution < -0.4 is 5.73 Å². The fraction of sp³-hybridized carbons (Fsp3) is 0.400. The molecule has 1 aromatic rings. The number of nitro benzene ring substituents is 1. The molecule has 0 aliphatic carbocycles. The number of nitro groups is 1. The van der Waals surface area contributed by atoms with Crippen molar-refractivity contribution in [3.05, 3.63) is 39.7 Å². The normalized spacial score (nSPS) is 12.5. The molecule has 0 amide bonds. The minimum Gasteiger partial charge on any atom is -0.330 e. The van der Waals surface area contributed by atoms with Gasteiger partial charge in [0.15, 0.2) is 0 Å². The number of benzene rings is 1. The van der Waals surface area contributed by atoms with E-state index >= 15 is 0 Å². The van der Waals surface area contributed by atoms with E-state index in [1.54, 1.807) is 6.07 Å². The number of rotatable bonds is 4. The Morgan fingerprint density at radius 2 is 2.27 bits per heavy atom. The summed E-state index contributed by atoms with van der Waals surface area (Å²) in [4.78, 5) is 9.78. The van der Waals surface area contributed by atoms with Crippen LogP contribution in [0.3, 0.4) is 0 Å². The van der Waals surface area contributed by atoms with Crippen molar-refractivity contribution in [1.82, 2.24) is 0 Å². The summed E-state index contributed by atoms with van der Waals surface area (Å²) >= 11 is 0. The topological polar surface area (TPSA) is 69.2 Å². The summed E-state index contributed by atoms with van der Waals surface area (Å²) in [5.41, 5.74) is 5.66. The molecule has 15 heavy (non-hydrogen) atoms. The zero-order valence-electron chi connectivity index (χ0n) is 8.44. The number of nitrogens with two attached hydrogens (primary N) is 1. The maximum atomic E-state index is 13.0. The summed E-state index contributed by atoms with van der Waals surface area (Å²) in [6.07, 6.45) is 0.725. The highest BCUT2D eigenvalue weighted by molar-refractivity contribution is 5.37. The zero-order chi connectivity index (χ0) is 11.4. The van der Waals surface area contributed by atoms with Crippen LogP contribution in [0.5, 0.6) is 0 Å². The Labute approximate surface area is 87.0 Å². The Balaban J connectivity index is 3.02. The van der Waals surface area contributed by atoms with Crippen LogP contribution in [0.1, 0.15) is 24.8 Å². The monoisotopic (exact) mass is 212 g/mol. The quantitative estimate of drug-likeness (QED) is 0.614. The Morgan fingerprint density at radius 1 is 1.60 bits per heavy atom. The lowest BCUT2D eigenvalue weighted by molar-refractivity contribution is -0.387. The van der Waals surface area contributed by atoms with Gasteiger partial charge in [0.05, 0.1) is 4.92 Å². The van der Waals surface area contributed by atoms with Gasteiger partial charge in [0, 0.05) is 6.07 Å². The van der Waals surface area contributed by atoms with E-state index in [1.165, 1.54) is 6.07 Å². The summed E-state index contributed by atoms with van der Waals surface area (Å²) in [6, 6.07) is 3.96. The molecule has 82 valence electrons. The third-order valence-electron chi connectivity index (χ3n) is 2.34. The molecular weight excluding hydrogens is 199 g/mol. The summed E-state index contributed by atoms with van der Waals surface area (Å²) < 4.78 is 13.0. The molecule has 0 fully saturated rings. The largest absolute Gasteiger partial charge is 0.330 e. The molecule has 0 aliphatic rings. The second-order valence-electron chi connectivity index (χ2n) is 3.45. The van der Waals surface area contributed by atoms with E-state index in [0.29, 0.717) is 6.54 Å². The van der Waals surface area contributed by atoms with Crippen LogP contribution in [0.15, 0.2) is 18.2 Å². The van der Waals surface area contributed by atoms with E-state index in [-0.39, 0.29) is 5.92 Å². The summed E-state index contributed by atoms with van der Waals surface area (Å²) in [5.74, 6) is -0.696. The van der Waals surface area contributed by atoms with Crippen molar-refractivity contribution in [2.75, 3.05) is 6.54 Å². The van der Waals surface area contributed by atoms with Crippen molar-refractivity contribution in [2.24, 2.45) is 5.73 Å². The molecule has 0 aromatic heterocycles. The minimum absolute atomic E-state index is 0.106. The van der Waals surface area contributed by atoms with E-state index in [9.17, 15) is 14.5 Å². The second-order valence-corrected chi connectivity index (χ2v) is 3.45. The molecule has 0 radical (unpaired) electrons. The van der Waals surface area contributed by atoms with Gasteiger partial charge in [-0.05, 0) is 30.5 Å². The van der Waals surface area contributed by atoms with Crippen LogP contribution in [0, 0.1) is 15.9 Å². The highest BCUT2D eigenvalue weighted by Crippen LogP contribution is 2.25. The maximum Gasteiger partial charge on any atom is 0.305 e. The van der Waals surface area contributed by atoms with Crippen LogP contribution in [0.4, 0.5) is 10.1 Å². The Morgan fingerprint density at radius 3 is 2.80 bits per heavy atom. The predicted molar refractivity (Wildman–Crippen MR) is 55.1 cm³/mol. The van der Waals surface area contributed by atoms with Gasteiger partial charge < -0.3 is 5.73 Å². The van der Waals surface area contributed by atoms with Gasteiger partial charge in [-0.1, -0.05) is 13.0 Å². The molecule has 0 saturated carbocycles. The molecule has 5 heteroatoms. The fourth-order valence-electron chi connectivity index (χ4n) is 1.39. The number of hydrogen-bond donors (Lipinski definition) is 1. The van der Waals surface area contributed by atoms with E-state index in [1.807, 2.05) is 6.92 Å². The molecule has 0 aliphatic heterocycles. The predicted octanol–water partition coefficient (Wildman–Crippen LogP) is 2.19. The molecule has 0 heterocycles. The van der Waals surface area contributed by atoms with Crippen LogP contribution in [-0.4, -0.2) is 11.5 Å². The van der Waals surface area contributed by atoms with E-state index in [2.05, 4.69) is 0 Å². The fourth-order valence-corrected chi connectivity index (χ4v) is 1.39. The summed E-state index contributed by atoms with van der Waals surface area (Å²) in [7, 11) is 0. The second kappa shape index (κ2) is 4.84. The summed E-state index contributed by atoms with van der Waals surface area (Å²) in [6.45, 7) is 2.41. The number of halogens is 1. The molecule has 1 rings (SSSR count). The van der Waals surface area contributed by atoms with Gasteiger partial charge in [0.25, 0.3) is 0 Å². The highest BCUT2D eigenvalue weighted by Gasteiger charge is 2.16. The van der Waals surface area contributed by atoms with Crippen molar-refractivity contribution in [1.29, 1.82) is 0 Å². The standard InChI is InChI=1S/C10H13FN2O2/c1-7(4-5-12)8-2-3-9(11)10(6-8)13(14)15/h2-3,6-7H,4-5,12H2,1H3. The number of nitrogens with zero attached hydrogens (tertiary/aromatic N) is 1. The lowest BCUT2D eigenvalue weighted by Gasteiger charge is -2.09. The van der Waals surface area contributed by atoms with E-state index in [4.69, 9.17) is 5.73 Å². The van der Waals surface area contributed by atoms with Crippen LogP contribution in [-0.2, 0) is 0 Å². The number of hydrogen-bond acceptors (Lipinski definition) is 3. The van der Waals surface area contributed by atoms with Gasteiger partial charge in [-0.15, -0.1) is 0 Å². The van der Waals surface area contributed by atoms with E-state index < -0.39 is 16.4 Å². The minimum atomic E-state index is -0.802. The molecule has 1 atom stereocenters. The molecule has 0 bridgehead atoms. The van der Waals surface area contributed by atoms with Gasteiger partial charge in [0.2, 0.25) is 5.82 Å². The van der Waals surface area contributed by atoms with Gasteiger partial charge in [-0.25, -0.2) is 0 Å². The molecule has 0 spiro atoms. The summed E-state index contributed by atoms with van der Waals surface area (Å²) in [5, 5.41) is 10.5. The van der Waals surface area contributed by atoms with Crippen molar-refractivity contribution >= 4 is 5.69 Å². The van der Waals surface area contributed by atoms with Crippen LogP contribution in [0.25, 0.3) is 0 Å². The lowest BCUT2D eigenvalue weighted by atomic mass is 9.97. The maximum absolute atomic E-state index is 13.0. The smallest absolute Gasteiger partial charge is 0.305 e. The van der Waals surface area contributed by atoms with Crippen LogP contribution >= 0.6 is 0 Å². The Kier molecular flexibility index (Phi) is 3.74. The van der Waals surface area contributed by atoms with Crippen LogP contribution in [0.2, 0.25) is 0 Å². The molecule has 1 aromatic carbocycles. The Bertz CT molecular complexity index is 368. The molecule has 4 nitrogen and oxygen atoms in total. The molecule has 2 N–H and O–H groups in total. The highest BCUT2D eigenvalue weighted by atomic mass is 19.1. The van der Waals surface area contributed by atoms with Crippen molar-refractivity contribution in [2.45, 2.75) is 19.3 Å². The zero-order valence-corrected chi connectivity index (χ0v) is 8.44. The third kappa shape index (κ3) is 2.73. The first kappa shape index (κ1) is 11.6.